The maximum Gasteiger partial charge on any atom is 0.0344 e. The second-order valence-corrected chi connectivity index (χ2v) is 3.83. The summed E-state index contributed by atoms with van der Waals surface area (Å²) in [5.41, 5.74) is 0. The van der Waals surface area contributed by atoms with Gasteiger partial charge in [-0.15, -0.1) is 0 Å². The van der Waals surface area contributed by atoms with Crippen LogP contribution in [-0.2, 0) is 0 Å². The van der Waals surface area contributed by atoms with E-state index in [1.165, 1.54) is 26.1 Å². The SMILES string of the molecule is CNCCCN1CC(N(C)C)C1. The molecule has 0 atom stereocenters. The Bertz CT molecular complexity index is 119. The van der Waals surface area contributed by atoms with Gasteiger partial charge in [-0.3, -0.25) is 0 Å². The molecule has 3 heteroatoms. The zero-order valence-corrected chi connectivity index (χ0v) is 8.51. The molecule has 0 aromatic heterocycles. The fourth-order valence-corrected chi connectivity index (χ4v) is 1.53. The van der Waals surface area contributed by atoms with Crippen LogP contribution in [0.25, 0.3) is 0 Å². The molecule has 1 rings (SSSR count). The third-order valence-corrected chi connectivity index (χ3v) is 2.57. The van der Waals surface area contributed by atoms with Gasteiger partial charge in [0.25, 0.3) is 0 Å². The fraction of sp³-hybridized carbons (Fsp3) is 1.00. The van der Waals surface area contributed by atoms with Crippen LogP contribution in [0.2, 0.25) is 0 Å². The molecule has 1 aliphatic rings. The number of nitrogens with zero attached hydrogens (tertiary/aromatic N) is 2. The zero-order chi connectivity index (χ0) is 8.97. The van der Waals surface area contributed by atoms with Gasteiger partial charge in [-0.25, -0.2) is 0 Å². The van der Waals surface area contributed by atoms with E-state index in [-0.39, 0.29) is 0 Å². The molecule has 1 saturated heterocycles. The second kappa shape index (κ2) is 4.80. The molecule has 0 spiro atoms. The number of likely N-dealkylation sites (N-methyl/N-ethyl adjacent to an activating group) is 1. The summed E-state index contributed by atoms with van der Waals surface area (Å²) in [6.07, 6.45) is 1.27. The molecule has 0 saturated carbocycles. The summed E-state index contributed by atoms with van der Waals surface area (Å²) in [6, 6.07) is 0.805. The first-order valence-corrected chi connectivity index (χ1v) is 4.77. The van der Waals surface area contributed by atoms with Gasteiger partial charge in [0.2, 0.25) is 0 Å². The summed E-state index contributed by atoms with van der Waals surface area (Å²) in [5, 5.41) is 3.17. The molecule has 12 heavy (non-hydrogen) atoms. The standard InChI is InChI=1S/C9H21N3/c1-10-5-4-6-12-7-9(8-12)11(2)3/h9-10H,4-8H2,1-3H3. The van der Waals surface area contributed by atoms with Crippen molar-refractivity contribution in [2.75, 3.05) is 47.3 Å². The average Bonchev–Trinajstić information content (AvgIpc) is 1.93. The highest BCUT2D eigenvalue weighted by atomic mass is 15.3. The number of likely N-dealkylation sites (tertiary alicyclic amines) is 1. The maximum atomic E-state index is 3.17. The van der Waals surface area contributed by atoms with Crippen molar-refractivity contribution in [3.05, 3.63) is 0 Å². The first-order valence-electron chi connectivity index (χ1n) is 4.77. The van der Waals surface area contributed by atoms with Crippen LogP contribution in [0.15, 0.2) is 0 Å². The van der Waals surface area contributed by atoms with Crippen LogP contribution in [0.1, 0.15) is 6.42 Å². The third kappa shape index (κ3) is 2.73. The van der Waals surface area contributed by atoms with Gasteiger partial charge in [0.1, 0.15) is 0 Å². The molecule has 0 unspecified atom stereocenters. The summed E-state index contributed by atoms with van der Waals surface area (Å²) >= 11 is 0. The van der Waals surface area contributed by atoms with Gasteiger partial charge >= 0.3 is 0 Å². The van der Waals surface area contributed by atoms with Crippen LogP contribution in [0.5, 0.6) is 0 Å². The van der Waals surface area contributed by atoms with Crippen molar-refractivity contribution in [3.8, 4) is 0 Å². The Morgan fingerprint density at radius 1 is 1.42 bits per heavy atom. The Kier molecular flexibility index (Phi) is 3.98. The Balaban J connectivity index is 1.95. The molecule has 0 aliphatic carbocycles. The molecule has 1 heterocycles. The van der Waals surface area contributed by atoms with Crippen LogP contribution >= 0.6 is 0 Å². The quantitative estimate of drug-likeness (QED) is 0.580. The summed E-state index contributed by atoms with van der Waals surface area (Å²) in [4.78, 5) is 4.83. The van der Waals surface area contributed by atoms with Crippen LogP contribution in [-0.4, -0.2) is 63.2 Å². The smallest absolute Gasteiger partial charge is 0.0344 e. The molecule has 1 fully saturated rings. The lowest BCUT2D eigenvalue weighted by Gasteiger charge is -2.42. The van der Waals surface area contributed by atoms with Crippen molar-refractivity contribution in [1.82, 2.24) is 15.1 Å². The lowest BCUT2D eigenvalue weighted by Crippen LogP contribution is -2.57. The van der Waals surface area contributed by atoms with Gasteiger partial charge in [-0.05, 0) is 40.7 Å². The van der Waals surface area contributed by atoms with E-state index in [9.17, 15) is 0 Å². The third-order valence-electron chi connectivity index (χ3n) is 2.57. The minimum absolute atomic E-state index is 0.805. The van der Waals surface area contributed by atoms with E-state index in [0.717, 1.165) is 12.6 Å². The summed E-state index contributed by atoms with van der Waals surface area (Å²) in [7, 11) is 6.34. The first kappa shape index (κ1) is 9.96. The van der Waals surface area contributed by atoms with E-state index in [2.05, 4.69) is 29.2 Å². The predicted molar refractivity (Wildman–Crippen MR) is 52.5 cm³/mol. The lowest BCUT2D eigenvalue weighted by molar-refractivity contribution is 0.0631. The minimum atomic E-state index is 0.805. The molecule has 1 aliphatic heterocycles. The topological polar surface area (TPSA) is 18.5 Å². The molecule has 1 N–H and O–H groups in total. The molecule has 72 valence electrons. The molecule has 3 nitrogen and oxygen atoms in total. The van der Waals surface area contributed by atoms with Crippen molar-refractivity contribution in [2.45, 2.75) is 12.5 Å². The van der Waals surface area contributed by atoms with E-state index < -0.39 is 0 Å². The average molecular weight is 171 g/mol. The van der Waals surface area contributed by atoms with Crippen molar-refractivity contribution < 1.29 is 0 Å². The largest absolute Gasteiger partial charge is 0.320 e. The highest BCUT2D eigenvalue weighted by Gasteiger charge is 2.26. The van der Waals surface area contributed by atoms with E-state index in [4.69, 9.17) is 0 Å². The Labute approximate surface area is 75.7 Å². The van der Waals surface area contributed by atoms with Gasteiger partial charge in [-0.2, -0.15) is 0 Å². The zero-order valence-electron chi connectivity index (χ0n) is 8.51. The van der Waals surface area contributed by atoms with E-state index in [0.29, 0.717) is 0 Å². The monoisotopic (exact) mass is 171 g/mol. The number of nitrogens with one attached hydrogen (secondary N) is 1. The molecule has 0 aromatic carbocycles. The predicted octanol–water partition coefficient (Wildman–Crippen LogP) is -0.158. The van der Waals surface area contributed by atoms with Gasteiger partial charge in [0.15, 0.2) is 0 Å². The molecular formula is C9H21N3. The molecule has 0 amide bonds. The first-order chi connectivity index (χ1) is 5.74. The molecule has 0 aromatic rings. The van der Waals surface area contributed by atoms with Gasteiger partial charge in [0.05, 0.1) is 0 Å². The van der Waals surface area contributed by atoms with Crippen molar-refractivity contribution in [3.63, 3.8) is 0 Å². The molecular weight excluding hydrogens is 150 g/mol. The van der Waals surface area contributed by atoms with Gasteiger partial charge in [0, 0.05) is 19.1 Å². The molecule has 0 bridgehead atoms. The van der Waals surface area contributed by atoms with Crippen LogP contribution in [0.4, 0.5) is 0 Å². The van der Waals surface area contributed by atoms with Gasteiger partial charge in [-0.1, -0.05) is 0 Å². The number of hydrogen-bond acceptors (Lipinski definition) is 3. The second-order valence-electron chi connectivity index (χ2n) is 3.83. The summed E-state index contributed by atoms with van der Waals surface area (Å²) in [6.45, 7) is 4.92. The molecule has 0 radical (unpaired) electrons. The Morgan fingerprint density at radius 3 is 2.58 bits per heavy atom. The maximum absolute atomic E-state index is 3.17. The lowest BCUT2D eigenvalue weighted by atomic mass is 10.1. The van der Waals surface area contributed by atoms with Crippen molar-refractivity contribution >= 4 is 0 Å². The Hall–Kier alpha value is -0.120. The highest BCUT2D eigenvalue weighted by Crippen LogP contribution is 2.11. The summed E-state index contributed by atoms with van der Waals surface area (Å²) in [5.74, 6) is 0. The highest BCUT2D eigenvalue weighted by molar-refractivity contribution is 4.85. The van der Waals surface area contributed by atoms with Crippen LogP contribution in [0, 0.1) is 0 Å². The van der Waals surface area contributed by atoms with E-state index in [1.807, 2.05) is 7.05 Å². The number of hydrogen-bond donors (Lipinski definition) is 1. The fourth-order valence-electron chi connectivity index (χ4n) is 1.53. The van der Waals surface area contributed by atoms with E-state index >= 15 is 0 Å². The van der Waals surface area contributed by atoms with Crippen molar-refractivity contribution in [1.29, 1.82) is 0 Å². The van der Waals surface area contributed by atoms with Crippen molar-refractivity contribution in [2.24, 2.45) is 0 Å². The normalized spacial score (nSPS) is 20.0. The number of rotatable bonds is 5. The van der Waals surface area contributed by atoms with Crippen LogP contribution in [0.3, 0.4) is 0 Å². The minimum Gasteiger partial charge on any atom is -0.320 e. The van der Waals surface area contributed by atoms with Gasteiger partial charge < -0.3 is 15.1 Å². The Morgan fingerprint density at radius 2 is 2.08 bits per heavy atom. The summed E-state index contributed by atoms with van der Waals surface area (Å²) < 4.78 is 0. The van der Waals surface area contributed by atoms with Crippen LogP contribution < -0.4 is 5.32 Å². The van der Waals surface area contributed by atoms with E-state index in [1.54, 1.807) is 0 Å².